The third kappa shape index (κ3) is 2.77. The number of rotatable bonds is 3. The van der Waals surface area contributed by atoms with Gasteiger partial charge in [-0.25, -0.2) is 4.39 Å². The highest BCUT2D eigenvalue weighted by molar-refractivity contribution is 5.70. The monoisotopic (exact) mass is 260 g/mol. The molecule has 2 aromatic carbocycles. The first-order valence-corrected chi connectivity index (χ1v) is 5.79. The Balaban J connectivity index is 2.60. The Morgan fingerprint density at radius 3 is 2.63 bits per heavy atom. The van der Waals surface area contributed by atoms with Crippen LogP contribution in [0.5, 0.6) is 0 Å². The van der Waals surface area contributed by atoms with Crippen LogP contribution in [0.15, 0.2) is 42.5 Å². The molecule has 4 nitrogen and oxygen atoms in total. The average molecular weight is 260 g/mol. The molecule has 0 bridgehead atoms. The van der Waals surface area contributed by atoms with Crippen molar-refractivity contribution in [3.63, 3.8) is 0 Å². The lowest BCUT2D eigenvalue weighted by molar-refractivity contribution is -0.384. The molecule has 0 saturated heterocycles. The molecule has 0 heterocycles. The van der Waals surface area contributed by atoms with E-state index in [2.05, 4.69) is 0 Å². The van der Waals surface area contributed by atoms with Crippen LogP contribution in [0.4, 0.5) is 10.1 Å². The summed E-state index contributed by atoms with van der Waals surface area (Å²) in [4.78, 5) is 10.3. The molecule has 0 radical (unpaired) electrons. The maximum Gasteiger partial charge on any atom is 0.270 e. The van der Waals surface area contributed by atoms with Gasteiger partial charge in [-0.05, 0) is 35.7 Å². The summed E-state index contributed by atoms with van der Waals surface area (Å²) < 4.78 is 13.4. The fourth-order valence-electron chi connectivity index (χ4n) is 1.96. The molecule has 2 rings (SSSR count). The topological polar surface area (TPSA) is 69.2 Å². The van der Waals surface area contributed by atoms with Crippen LogP contribution in [0.1, 0.15) is 18.5 Å². The smallest absolute Gasteiger partial charge is 0.270 e. The zero-order valence-corrected chi connectivity index (χ0v) is 10.3. The molecule has 19 heavy (non-hydrogen) atoms. The van der Waals surface area contributed by atoms with E-state index in [9.17, 15) is 14.5 Å². The van der Waals surface area contributed by atoms with Crippen molar-refractivity contribution in [2.75, 3.05) is 0 Å². The molecule has 2 N–H and O–H groups in total. The lowest BCUT2D eigenvalue weighted by atomic mass is 9.95. The number of nitro benzene ring substituents is 1. The standard InChI is InChI=1S/C14H13FN2O2/c1-9(16)13-6-5-11(15)8-14(13)10-3-2-4-12(7-10)17(18)19/h2-9H,16H2,1H3. The van der Waals surface area contributed by atoms with Crippen LogP contribution in [-0.4, -0.2) is 4.92 Å². The van der Waals surface area contributed by atoms with Crippen LogP contribution < -0.4 is 5.73 Å². The van der Waals surface area contributed by atoms with Crippen LogP contribution in [0, 0.1) is 15.9 Å². The Morgan fingerprint density at radius 1 is 1.26 bits per heavy atom. The Morgan fingerprint density at radius 2 is 2.00 bits per heavy atom. The SMILES string of the molecule is CC(N)c1ccc(F)cc1-c1cccc([N+](=O)[O-])c1. The van der Waals surface area contributed by atoms with Crippen molar-refractivity contribution in [2.24, 2.45) is 5.73 Å². The van der Waals surface area contributed by atoms with E-state index >= 15 is 0 Å². The molecule has 0 aromatic heterocycles. The van der Waals surface area contributed by atoms with Crippen molar-refractivity contribution in [1.82, 2.24) is 0 Å². The quantitative estimate of drug-likeness (QED) is 0.679. The second-order valence-corrected chi connectivity index (χ2v) is 4.33. The molecule has 1 unspecified atom stereocenters. The summed E-state index contributed by atoms with van der Waals surface area (Å²) in [5.41, 5.74) is 7.73. The van der Waals surface area contributed by atoms with Crippen molar-refractivity contribution >= 4 is 5.69 Å². The number of hydrogen-bond donors (Lipinski definition) is 1. The average Bonchev–Trinajstić information content (AvgIpc) is 2.38. The summed E-state index contributed by atoms with van der Waals surface area (Å²) in [7, 11) is 0. The van der Waals surface area contributed by atoms with Gasteiger partial charge in [0, 0.05) is 18.2 Å². The van der Waals surface area contributed by atoms with E-state index in [1.807, 2.05) is 0 Å². The fourth-order valence-corrected chi connectivity index (χ4v) is 1.96. The second kappa shape index (κ2) is 5.16. The molecule has 0 spiro atoms. The van der Waals surface area contributed by atoms with Gasteiger partial charge in [0.25, 0.3) is 5.69 Å². The van der Waals surface area contributed by atoms with Crippen LogP contribution in [0.3, 0.4) is 0 Å². The van der Waals surface area contributed by atoms with E-state index in [0.717, 1.165) is 5.56 Å². The predicted molar refractivity (Wildman–Crippen MR) is 71.1 cm³/mol. The van der Waals surface area contributed by atoms with Gasteiger partial charge in [0.15, 0.2) is 0 Å². The largest absolute Gasteiger partial charge is 0.324 e. The van der Waals surface area contributed by atoms with Gasteiger partial charge < -0.3 is 5.73 Å². The number of hydrogen-bond acceptors (Lipinski definition) is 3. The molecule has 0 aliphatic heterocycles. The summed E-state index contributed by atoms with van der Waals surface area (Å²) in [6.07, 6.45) is 0. The van der Waals surface area contributed by atoms with Gasteiger partial charge >= 0.3 is 0 Å². The Kier molecular flexibility index (Phi) is 3.57. The number of non-ortho nitro benzene ring substituents is 1. The minimum absolute atomic E-state index is 0.0302. The first-order valence-electron chi connectivity index (χ1n) is 5.79. The van der Waals surface area contributed by atoms with Crippen LogP contribution in [-0.2, 0) is 0 Å². The fraction of sp³-hybridized carbons (Fsp3) is 0.143. The summed E-state index contributed by atoms with van der Waals surface area (Å²) >= 11 is 0. The van der Waals surface area contributed by atoms with Crippen LogP contribution in [0.2, 0.25) is 0 Å². The molecular weight excluding hydrogens is 247 g/mol. The van der Waals surface area contributed by atoms with Crippen molar-refractivity contribution < 1.29 is 9.31 Å². The number of nitrogens with zero attached hydrogens (tertiary/aromatic N) is 1. The number of benzene rings is 2. The Bertz CT molecular complexity index is 627. The van der Waals surface area contributed by atoms with E-state index in [0.29, 0.717) is 11.1 Å². The van der Waals surface area contributed by atoms with E-state index in [1.54, 1.807) is 25.1 Å². The van der Waals surface area contributed by atoms with Gasteiger partial charge in [-0.2, -0.15) is 0 Å². The molecule has 0 fully saturated rings. The van der Waals surface area contributed by atoms with Gasteiger partial charge in [0.05, 0.1) is 4.92 Å². The molecule has 0 saturated carbocycles. The van der Waals surface area contributed by atoms with Crippen molar-refractivity contribution in [1.29, 1.82) is 0 Å². The molecule has 0 aliphatic carbocycles. The van der Waals surface area contributed by atoms with Crippen molar-refractivity contribution in [3.8, 4) is 11.1 Å². The molecule has 98 valence electrons. The van der Waals surface area contributed by atoms with Crippen LogP contribution >= 0.6 is 0 Å². The molecule has 0 amide bonds. The van der Waals surface area contributed by atoms with Gasteiger partial charge in [-0.1, -0.05) is 18.2 Å². The summed E-state index contributed by atoms with van der Waals surface area (Å²) in [6, 6.07) is 10.1. The third-order valence-corrected chi connectivity index (χ3v) is 2.87. The van der Waals surface area contributed by atoms with Gasteiger partial charge in [0.1, 0.15) is 5.82 Å². The number of nitrogens with two attached hydrogens (primary N) is 1. The molecule has 2 aromatic rings. The lowest BCUT2D eigenvalue weighted by Gasteiger charge is -2.13. The first kappa shape index (κ1) is 13.2. The molecular formula is C14H13FN2O2. The van der Waals surface area contributed by atoms with E-state index < -0.39 is 10.7 Å². The highest BCUT2D eigenvalue weighted by Gasteiger charge is 2.13. The van der Waals surface area contributed by atoms with Crippen molar-refractivity contribution in [3.05, 3.63) is 64.0 Å². The van der Waals surface area contributed by atoms with Gasteiger partial charge in [0.2, 0.25) is 0 Å². The lowest BCUT2D eigenvalue weighted by Crippen LogP contribution is -2.07. The van der Waals surface area contributed by atoms with E-state index in [4.69, 9.17) is 5.73 Å². The third-order valence-electron chi connectivity index (χ3n) is 2.87. The normalized spacial score (nSPS) is 12.2. The highest BCUT2D eigenvalue weighted by Crippen LogP contribution is 2.30. The number of halogens is 1. The molecule has 1 atom stereocenters. The van der Waals surface area contributed by atoms with Gasteiger partial charge in [-0.15, -0.1) is 0 Å². The predicted octanol–water partition coefficient (Wildman–Crippen LogP) is 3.42. The first-order chi connectivity index (χ1) is 8.99. The molecule has 0 aliphatic rings. The van der Waals surface area contributed by atoms with Gasteiger partial charge in [-0.3, -0.25) is 10.1 Å². The Hall–Kier alpha value is -2.27. The maximum atomic E-state index is 13.4. The zero-order chi connectivity index (χ0) is 14.0. The van der Waals surface area contributed by atoms with E-state index in [1.165, 1.54) is 24.3 Å². The summed E-state index contributed by atoms with van der Waals surface area (Å²) in [5, 5.41) is 10.8. The van der Waals surface area contributed by atoms with Crippen LogP contribution in [0.25, 0.3) is 11.1 Å². The Labute approximate surface area is 109 Å². The zero-order valence-electron chi connectivity index (χ0n) is 10.3. The minimum Gasteiger partial charge on any atom is -0.324 e. The van der Waals surface area contributed by atoms with E-state index in [-0.39, 0.29) is 11.7 Å². The number of nitro groups is 1. The second-order valence-electron chi connectivity index (χ2n) is 4.33. The summed E-state index contributed by atoms with van der Waals surface area (Å²) in [6.45, 7) is 1.79. The van der Waals surface area contributed by atoms with Crippen molar-refractivity contribution in [2.45, 2.75) is 13.0 Å². The highest BCUT2D eigenvalue weighted by atomic mass is 19.1. The minimum atomic E-state index is -0.478. The maximum absolute atomic E-state index is 13.4. The molecule has 5 heteroatoms. The summed E-state index contributed by atoms with van der Waals surface area (Å²) in [5.74, 6) is -0.397.